The Morgan fingerprint density at radius 3 is 2.65 bits per heavy atom. The van der Waals surface area contributed by atoms with Crippen molar-refractivity contribution in [1.29, 1.82) is 0 Å². The number of carbonyl (C=O) groups is 1. The highest BCUT2D eigenvalue weighted by Gasteiger charge is 2.12. The summed E-state index contributed by atoms with van der Waals surface area (Å²) in [7, 11) is -3.27. The predicted molar refractivity (Wildman–Crippen MR) is 66.4 cm³/mol. The fourth-order valence-corrected chi connectivity index (χ4v) is 1.89. The molecule has 1 atom stereocenters. The number of nitrogens with two attached hydrogens (primary N) is 1. The van der Waals surface area contributed by atoms with Crippen molar-refractivity contribution in [3.8, 4) is 0 Å². The molecule has 1 amide bonds. The number of sulfone groups is 1. The molecule has 5 nitrogen and oxygen atoms in total. The first-order valence-electron chi connectivity index (χ1n) is 5.21. The Bertz CT molecular complexity index is 511. The van der Waals surface area contributed by atoms with Gasteiger partial charge in [0, 0.05) is 11.9 Å². The lowest BCUT2D eigenvalue weighted by atomic mass is 10.2. The van der Waals surface area contributed by atoms with E-state index < -0.39 is 15.9 Å². The Hall–Kier alpha value is -1.40. The molecule has 0 fully saturated rings. The van der Waals surface area contributed by atoms with Crippen LogP contribution in [0.3, 0.4) is 0 Å². The lowest BCUT2D eigenvalue weighted by Gasteiger charge is -2.10. The van der Waals surface area contributed by atoms with Crippen molar-refractivity contribution in [2.45, 2.75) is 24.3 Å². The van der Waals surface area contributed by atoms with Crippen molar-refractivity contribution in [2.75, 3.05) is 11.6 Å². The SMILES string of the molecule is CC[C@@H](N)C(=O)Nc1cccc(S(C)(=O)=O)c1. The minimum atomic E-state index is -3.27. The molecule has 0 bridgehead atoms. The molecule has 0 aliphatic heterocycles. The minimum Gasteiger partial charge on any atom is -0.325 e. The van der Waals surface area contributed by atoms with Gasteiger partial charge in [-0.15, -0.1) is 0 Å². The van der Waals surface area contributed by atoms with Crippen LogP contribution < -0.4 is 11.1 Å². The Morgan fingerprint density at radius 2 is 2.12 bits per heavy atom. The van der Waals surface area contributed by atoms with Crippen molar-refractivity contribution < 1.29 is 13.2 Å². The third-order valence-electron chi connectivity index (χ3n) is 2.31. The van der Waals surface area contributed by atoms with Gasteiger partial charge in [-0.05, 0) is 24.6 Å². The number of nitrogens with one attached hydrogen (secondary N) is 1. The zero-order valence-corrected chi connectivity index (χ0v) is 10.6. The van der Waals surface area contributed by atoms with Gasteiger partial charge in [-0.3, -0.25) is 4.79 Å². The van der Waals surface area contributed by atoms with Crippen LogP contribution in [0.2, 0.25) is 0 Å². The first-order chi connectivity index (χ1) is 7.84. The van der Waals surface area contributed by atoms with E-state index in [4.69, 9.17) is 5.73 Å². The largest absolute Gasteiger partial charge is 0.325 e. The molecule has 0 unspecified atom stereocenters. The Balaban J connectivity index is 2.91. The van der Waals surface area contributed by atoms with Gasteiger partial charge in [-0.2, -0.15) is 0 Å². The van der Waals surface area contributed by atoms with Gasteiger partial charge in [0.25, 0.3) is 0 Å². The lowest BCUT2D eigenvalue weighted by molar-refractivity contribution is -0.117. The molecule has 0 spiro atoms. The molecule has 6 heteroatoms. The molecule has 1 rings (SSSR count). The fourth-order valence-electron chi connectivity index (χ4n) is 1.22. The second-order valence-corrected chi connectivity index (χ2v) is 5.82. The second kappa shape index (κ2) is 5.29. The molecule has 0 saturated heterocycles. The smallest absolute Gasteiger partial charge is 0.241 e. The van der Waals surface area contributed by atoms with Crippen LogP contribution in [0.4, 0.5) is 5.69 Å². The highest BCUT2D eigenvalue weighted by atomic mass is 32.2. The van der Waals surface area contributed by atoms with Crippen LogP contribution in [-0.4, -0.2) is 26.6 Å². The molecule has 3 N–H and O–H groups in total. The zero-order valence-electron chi connectivity index (χ0n) is 9.80. The van der Waals surface area contributed by atoms with Crippen molar-refractivity contribution in [2.24, 2.45) is 5.73 Å². The van der Waals surface area contributed by atoms with Crippen molar-refractivity contribution in [3.05, 3.63) is 24.3 Å². The summed E-state index contributed by atoms with van der Waals surface area (Å²) in [4.78, 5) is 11.7. The van der Waals surface area contributed by atoms with Crippen LogP contribution in [0.15, 0.2) is 29.2 Å². The van der Waals surface area contributed by atoms with Crippen LogP contribution in [0.5, 0.6) is 0 Å². The number of anilines is 1. The molecule has 94 valence electrons. The Kier molecular flexibility index (Phi) is 4.25. The quantitative estimate of drug-likeness (QED) is 0.832. The van der Waals surface area contributed by atoms with Gasteiger partial charge in [0.15, 0.2) is 9.84 Å². The predicted octanol–water partition coefficient (Wildman–Crippen LogP) is 0.766. The van der Waals surface area contributed by atoms with Crippen molar-refractivity contribution >= 4 is 21.4 Å². The first kappa shape index (κ1) is 13.7. The molecular formula is C11H16N2O3S. The van der Waals surface area contributed by atoms with Crippen LogP contribution in [0, 0.1) is 0 Å². The number of benzene rings is 1. The zero-order chi connectivity index (χ0) is 13.1. The van der Waals surface area contributed by atoms with Gasteiger partial charge in [-0.1, -0.05) is 13.0 Å². The summed E-state index contributed by atoms with van der Waals surface area (Å²) in [5, 5.41) is 2.58. The summed E-state index contributed by atoms with van der Waals surface area (Å²) in [5.41, 5.74) is 5.99. The van der Waals surface area contributed by atoms with E-state index in [0.717, 1.165) is 6.26 Å². The molecule has 0 saturated carbocycles. The molecule has 0 aromatic heterocycles. The molecular weight excluding hydrogens is 240 g/mol. The highest BCUT2D eigenvalue weighted by Crippen LogP contribution is 2.15. The molecule has 0 radical (unpaired) electrons. The molecule has 17 heavy (non-hydrogen) atoms. The molecule has 0 heterocycles. The van der Waals surface area contributed by atoms with E-state index >= 15 is 0 Å². The third-order valence-corrected chi connectivity index (χ3v) is 3.42. The average Bonchev–Trinajstić information content (AvgIpc) is 2.27. The number of hydrogen-bond acceptors (Lipinski definition) is 4. The molecule has 0 aliphatic carbocycles. The van der Waals surface area contributed by atoms with E-state index in [1.165, 1.54) is 12.1 Å². The van der Waals surface area contributed by atoms with Gasteiger partial charge < -0.3 is 11.1 Å². The summed E-state index contributed by atoms with van der Waals surface area (Å²) >= 11 is 0. The van der Waals surface area contributed by atoms with E-state index in [1.807, 2.05) is 0 Å². The topological polar surface area (TPSA) is 89.3 Å². The summed E-state index contributed by atoms with van der Waals surface area (Å²) in [6.45, 7) is 1.80. The van der Waals surface area contributed by atoms with E-state index in [0.29, 0.717) is 12.1 Å². The van der Waals surface area contributed by atoms with Gasteiger partial charge in [-0.25, -0.2) is 8.42 Å². The van der Waals surface area contributed by atoms with Gasteiger partial charge in [0.2, 0.25) is 5.91 Å². The average molecular weight is 256 g/mol. The fraction of sp³-hybridized carbons (Fsp3) is 0.364. The van der Waals surface area contributed by atoms with E-state index in [-0.39, 0.29) is 10.8 Å². The second-order valence-electron chi connectivity index (χ2n) is 3.80. The lowest BCUT2D eigenvalue weighted by Crippen LogP contribution is -2.34. The van der Waals surface area contributed by atoms with Crippen LogP contribution in [0.1, 0.15) is 13.3 Å². The van der Waals surface area contributed by atoms with Gasteiger partial charge in [0.05, 0.1) is 10.9 Å². The van der Waals surface area contributed by atoms with Crippen LogP contribution in [-0.2, 0) is 14.6 Å². The number of rotatable bonds is 4. The maximum atomic E-state index is 11.5. The van der Waals surface area contributed by atoms with Crippen molar-refractivity contribution in [1.82, 2.24) is 0 Å². The summed E-state index contributed by atoms with van der Waals surface area (Å²) in [5.74, 6) is -0.321. The normalized spacial score (nSPS) is 13.1. The summed E-state index contributed by atoms with van der Waals surface area (Å²) < 4.78 is 22.6. The highest BCUT2D eigenvalue weighted by molar-refractivity contribution is 7.90. The standard InChI is InChI=1S/C11H16N2O3S/c1-3-10(12)11(14)13-8-5-4-6-9(7-8)17(2,15)16/h4-7,10H,3,12H2,1-2H3,(H,13,14)/t10-/m1/s1. The molecule has 0 aliphatic rings. The third kappa shape index (κ3) is 3.83. The molecule has 1 aromatic carbocycles. The Morgan fingerprint density at radius 1 is 1.47 bits per heavy atom. The summed E-state index contributed by atoms with van der Waals surface area (Å²) in [6, 6.07) is 5.50. The number of amides is 1. The number of hydrogen-bond donors (Lipinski definition) is 2. The molecule has 1 aromatic rings. The van der Waals surface area contributed by atoms with E-state index in [9.17, 15) is 13.2 Å². The van der Waals surface area contributed by atoms with Crippen LogP contribution in [0.25, 0.3) is 0 Å². The Labute approximate surface area is 101 Å². The summed E-state index contributed by atoms with van der Waals surface area (Å²) in [6.07, 6.45) is 1.64. The number of carbonyl (C=O) groups excluding carboxylic acids is 1. The van der Waals surface area contributed by atoms with Gasteiger partial charge >= 0.3 is 0 Å². The monoisotopic (exact) mass is 256 g/mol. The maximum absolute atomic E-state index is 11.5. The first-order valence-corrected chi connectivity index (χ1v) is 7.10. The van der Waals surface area contributed by atoms with E-state index in [2.05, 4.69) is 5.32 Å². The minimum absolute atomic E-state index is 0.167. The van der Waals surface area contributed by atoms with Crippen LogP contribution >= 0.6 is 0 Å². The van der Waals surface area contributed by atoms with E-state index in [1.54, 1.807) is 19.1 Å². The maximum Gasteiger partial charge on any atom is 0.241 e. The van der Waals surface area contributed by atoms with Gasteiger partial charge in [0.1, 0.15) is 0 Å². The van der Waals surface area contributed by atoms with Crippen molar-refractivity contribution in [3.63, 3.8) is 0 Å².